The summed E-state index contributed by atoms with van der Waals surface area (Å²) in [6, 6.07) is 11.0. The van der Waals surface area contributed by atoms with Crippen molar-refractivity contribution in [2.45, 2.75) is 25.7 Å². The molecular weight excluding hydrogens is 384 g/mol. The third-order valence-electron chi connectivity index (χ3n) is 4.71. The van der Waals surface area contributed by atoms with Gasteiger partial charge in [-0.2, -0.15) is 0 Å². The average molecular weight is 412 g/mol. The van der Waals surface area contributed by atoms with E-state index in [9.17, 15) is 9.90 Å². The summed E-state index contributed by atoms with van der Waals surface area (Å²) in [7, 11) is 0. The molecule has 160 valence electrons. The van der Waals surface area contributed by atoms with Crippen molar-refractivity contribution < 1.29 is 24.5 Å². The Morgan fingerprint density at radius 1 is 1.17 bits per heavy atom. The van der Waals surface area contributed by atoms with Gasteiger partial charge < -0.3 is 19.8 Å². The van der Waals surface area contributed by atoms with E-state index >= 15 is 0 Å². The monoisotopic (exact) mass is 412 g/mol. The number of likely N-dealkylation sites (tertiary alicyclic amines) is 1. The van der Waals surface area contributed by atoms with Gasteiger partial charge in [-0.15, -0.1) is 0 Å². The minimum Gasteiger partial charge on any atom is -0.494 e. The Morgan fingerprint density at radius 3 is 2.60 bits per heavy atom. The van der Waals surface area contributed by atoms with Gasteiger partial charge in [-0.05, 0) is 62.2 Å². The second kappa shape index (κ2) is 13.1. The molecule has 0 unspecified atom stereocenters. The highest BCUT2D eigenvalue weighted by atomic mass is 16.5. The van der Waals surface area contributed by atoms with E-state index in [1.165, 1.54) is 32.4 Å². The molecule has 1 aromatic carbocycles. The van der Waals surface area contributed by atoms with Gasteiger partial charge >= 0.3 is 5.97 Å². The van der Waals surface area contributed by atoms with E-state index in [-0.39, 0.29) is 12.0 Å². The number of hydrogen-bond donors (Lipinski definition) is 2. The van der Waals surface area contributed by atoms with Crippen LogP contribution in [-0.4, -0.2) is 58.8 Å². The van der Waals surface area contributed by atoms with Crippen LogP contribution in [0, 0.1) is 0 Å². The van der Waals surface area contributed by atoms with Gasteiger partial charge in [-0.3, -0.25) is 9.78 Å². The Hall–Kier alpha value is -3.19. The van der Waals surface area contributed by atoms with Crippen LogP contribution in [0.2, 0.25) is 0 Å². The van der Waals surface area contributed by atoms with Crippen LogP contribution in [0.25, 0.3) is 11.6 Å². The fourth-order valence-electron chi connectivity index (χ4n) is 3.31. The highest BCUT2D eigenvalue weighted by Gasteiger charge is 2.11. The Balaban J connectivity index is 0.00000101. The molecule has 3 rings (SSSR count). The van der Waals surface area contributed by atoms with Crippen molar-refractivity contribution in [1.29, 1.82) is 0 Å². The Morgan fingerprint density at radius 2 is 1.93 bits per heavy atom. The van der Waals surface area contributed by atoms with Crippen LogP contribution < -0.4 is 4.74 Å². The Labute approximate surface area is 176 Å². The van der Waals surface area contributed by atoms with Crippen molar-refractivity contribution in [2.24, 2.45) is 0 Å². The zero-order valence-electron chi connectivity index (χ0n) is 16.9. The van der Waals surface area contributed by atoms with Crippen LogP contribution in [0.15, 0.2) is 48.8 Å². The highest BCUT2D eigenvalue weighted by Crippen LogP contribution is 2.21. The lowest BCUT2D eigenvalue weighted by molar-refractivity contribution is -0.130. The highest BCUT2D eigenvalue weighted by molar-refractivity contribution is 6.20. The molecule has 0 amide bonds. The van der Waals surface area contributed by atoms with Crippen LogP contribution in [0.5, 0.6) is 5.75 Å². The number of carboxylic acid groups (broad SMARTS) is 2. The molecular formula is C23H28N2O5. The average Bonchev–Trinajstić information content (AvgIpc) is 2.77. The molecule has 1 saturated heterocycles. The van der Waals surface area contributed by atoms with Gasteiger partial charge in [0.05, 0.1) is 12.2 Å². The van der Waals surface area contributed by atoms with E-state index in [4.69, 9.17) is 14.6 Å². The van der Waals surface area contributed by atoms with Gasteiger partial charge in [0.15, 0.2) is 0 Å². The molecule has 0 aliphatic carbocycles. The standard InChI is InChI=1S/C22H26N2O3.CH2O2/c25-22(26)21(19-8-5-10-23-17-19)16-18-7-4-9-20(15-18)27-14-6-13-24-11-2-1-3-12-24;2-1-3/h4-5,7-10,15-17H,1-3,6,11-14H2,(H,25,26);1H,(H,2,3)/b21-16+;. The molecule has 2 aromatic rings. The maximum atomic E-state index is 11.6. The fourth-order valence-corrected chi connectivity index (χ4v) is 3.31. The predicted molar refractivity (Wildman–Crippen MR) is 115 cm³/mol. The minimum absolute atomic E-state index is 0.213. The summed E-state index contributed by atoms with van der Waals surface area (Å²) < 4.78 is 5.87. The smallest absolute Gasteiger partial charge is 0.336 e. The molecule has 1 fully saturated rings. The predicted octanol–water partition coefficient (Wildman–Crippen LogP) is 3.66. The third kappa shape index (κ3) is 8.05. The second-order valence-corrected chi connectivity index (χ2v) is 6.89. The van der Waals surface area contributed by atoms with Crippen molar-refractivity contribution in [3.63, 3.8) is 0 Å². The van der Waals surface area contributed by atoms with Crippen molar-refractivity contribution >= 4 is 24.1 Å². The zero-order valence-corrected chi connectivity index (χ0v) is 16.9. The molecule has 7 nitrogen and oxygen atoms in total. The van der Waals surface area contributed by atoms with E-state index in [1.807, 2.05) is 24.3 Å². The number of carboxylic acids is 1. The number of nitrogens with zero attached hydrogens (tertiary/aromatic N) is 2. The van der Waals surface area contributed by atoms with Gasteiger partial charge in [0.2, 0.25) is 0 Å². The van der Waals surface area contributed by atoms with Gasteiger partial charge in [0.1, 0.15) is 5.75 Å². The molecule has 1 aliphatic heterocycles. The first-order chi connectivity index (χ1) is 14.6. The lowest BCUT2D eigenvalue weighted by atomic mass is 10.0. The van der Waals surface area contributed by atoms with Crippen LogP contribution in [-0.2, 0) is 9.59 Å². The molecule has 0 saturated carbocycles. The van der Waals surface area contributed by atoms with Gasteiger partial charge in [0.25, 0.3) is 6.47 Å². The number of ether oxygens (including phenoxy) is 1. The quantitative estimate of drug-likeness (QED) is 0.388. The first-order valence-electron chi connectivity index (χ1n) is 10.0. The van der Waals surface area contributed by atoms with Crippen LogP contribution >= 0.6 is 0 Å². The first kappa shape index (κ1) is 23.1. The minimum atomic E-state index is -0.976. The summed E-state index contributed by atoms with van der Waals surface area (Å²) in [5, 5.41) is 16.4. The first-order valence-corrected chi connectivity index (χ1v) is 10.0. The maximum absolute atomic E-state index is 11.6. The molecule has 2 heterocycles. The third-order valence-corrected chi connectivity index (χ3v) is 4.71. The van der Waals surface area contributed by atoms with E-state index < -0.39 is 5.97 Å². The topological polar surface area (TPSA) is 100.0 Å². The number of aliphatic carboxylic acids is 1. The Bertz CT molecular complexity index is 817. The summed E-state index contributed by atoms with van der Waals surface area (Å²) in [6.07, 6.45) is 9.79. The number of benzene rings is 1. The van der Waals surface area contributed by atoms with E-state index in [0.717, 1.165) is 24.3 Å². The molecule has 1 aromatic heterocycles. The molecule has 0 bridgehead atoms. The molecule has 1 aliphatic rings. The molecule has 0 atom stereocenters. The lowest BCUT2D eigenvalue weighted by Gasteiger charge is -2.26. The van der Waals surface area contributed by atoms with Crippen molar-refractivity contribution in [2.75, 3.05) is 26.2 Å². The van der Waals surface area contributed by atoms with E-state index in [1.54, 1.807) is 30.6 Å². The molecule has 7 heteroatoms. The summed E-state index contributed by atoms with van der Waals surface area (Å²) in [5.41, 5.74) is 1.59. The van der Waals surface area contributed by atoms with E-state index in [0.29, 0.717) is 12.2 Å². The molecule has 2 N–H and O–H groups in total. The van der Waals surface area contributed by atoms with Crippen molar-refractivity contribution in [3.05, 3.63) is 59.9 Å². The van der Waals surface area contributed by atoms with E-state index in [2.05, 4.69) is 9.88 Å². The number of pyridine rings is 1. The van der Waals surface area contributed by atoms with Gasteiger partial charge in [-0.25, -0.2) is 4.79 Å². The van der Waals surface area contributed by atoms with Crippen LogP contribution in [0.4, 0.5) is 0 Å². The van der Waals surface area contributed by atoms with Gasteiger partial charge in [0, 0.05) is 24.5 Å². The fraction of sp³-hybridized carbons (Fsp3) is 0.348. The molecule has 0 radical (unpaired) electrons. The molecule has 30 heavy (non-hydrogen) atoms. The van der Waals surface area contributed by atoms with Crippen molar-refractivity contribution in [3.8, 4) is 5.75 Å². The second-order valence-electron chi connectivity index (χ2n) is 6.89. The zero-order chi connectivity index (χ0) is 21.6. The number of aromatic nitrogens is 1. The normalized spacial score (nSPS) is 14.3. The SMILES string of the molecule is O=C(O)/C(=C/c1cccc(OCCCN2CCCCC2)c1)c1cccnc1.O=CO. The summed E-state index contributed by atoms with van der Waals surface area (Å²) in [4.78, 5) is 26.5. The summed E-state index contributed by atoms with van der Waals surface area (Å²) in [6.45, 7) is 3.89. The summed E-state index contributed by atoms with van der Waals surface area (Å²) >= 11 is 0. The van der Waals surface area contributed by atoms with Crippen molar-refractivity contribution in [1.82, 2.24) is 9.88 Å². The van der Waals surface area contributed by atoms with Crippen LogP contribution in [0.3, 0.4) is 0 Å². The number of piperidine rings is 1. The number of carbonyl (C=O) groups is 2. The molecule has 0 spiro atoms. The number of rotatable bonds is 8. The largest absolute Gasteiger partial charge is 0.494 e. The number of hydrogen-bond acceptors (Lipinski definition) is 5. The van der Waals surface area contributed by atoms with Gasteiger partial charge in [-0.1, -0.05) is 24.6 Å². The van der Waals surface area contributed by atoms with Crippen LogP contribution in [0.1, 0.15) is 36.8 Å². The summed E-state index contributed by atoms with van der Waals surface area (Å²) in [5.74, 6) is -0.214. The lowest BCUT2D eigenvalue weighted by Crippen LogP contribution is -2.31. The maximum Gasteiger partial charge on any atom is 0.336 e. The Kier molecular flexibility index (Phi) is 10.1.